The number of rotatable bonds is 16. The van der Waals surface area contributed by atoms with E-state index in [1.165, 1.54) is 0 Å². The van der Waals surface area contributed by atoms with Crippen molar-refractivity contribution in [2.75, 3.05) is 65.9 Å². The maximum atomic E-state index is 11.9. The molecule has 0 spiro atoms. The number of fused-ring (bicyclic) bond motifs is 2. The molecule has 2 amide bonds. The molecule has 0 saturated heterocycles. The van der Waals surface area contributed by atoms with Crippen LogP contribution >= 0.6 is 0 Å². The minimum absolute atomic E-state index is 0.382. The lowest BCUT2D eigenvalue weighted by molar-refractivity contribution is 0.0155. The summed E-state index contributed by atoms with van der Waals surface area (Å²) in [5, 5.41) is 5.46. The van der Waals surface area contributed by atoms with Crippen LogP contribution in [0.5, 0.6) is 0 Å². The number of carbonyl (C=O) groups excluding carboxylic acids is 2. The van der Waals surface area contributed by atoms with Gasteiger partial charge in [0.25, 0.3) is 0 Å². The van der Waals surface area contributed by atoms with Gasteiger partial charge in [0.05, 0.1) is 52.9 Å². The van der Waals surface area contributed by atoms with Gasteiger partial charge in [0.15, 0.2) is 0 Å². The molecule has 4 aliphatic carbocycles. The van der Waals surface area contributed by atoms with Crippen molar-refractivity contribution in [2.45, 2.75) is 51.4 Å². The van der Waals surface area contributed by atoms with Crippen molar-refractivity contribution >= 4 is 12.2 Å². The molecular weight excluding hydrogens is 500 g/mol. The van der Waals surface area contributed by atoms with Crippen molar-refractivity contribution in [2.24, 2.45) is 35.5 Å². The first-order valence-electron chi connectivity index (χ1n) is 14.7. The summed E-state index contributed by atoms with van der Waals surface area (Å²) in [7, 11) is 0. The number of ether oxygens (including phenoxy) is 5. The Hall–Kier alpha value is -2.46. The third-order valence-corrected chi connectivity index (χ3v) is 8.27. The van der Waals surface area contributed by atoms with Crippen LogP contribution < -0.4 is 10.6 Å². The molecule has 0 aromatic carbocycles. The van der Waals surface area contributed by atoms with Crippen LogP contribution in [0.25, 0.3) is 0 Å². The molecule has 0 bridgehead atoms. The Morgan fingerprint density at radius 1 is 0.538 bits per heavy atom. The van der Waals surface area contributed by atoms with E-state index in [9.17, 15) is 9.59 Å². The van der Waals surface area contributed by atoms with Gasteiger partial charge in [-0.05, 0) is 61.2 Å². The van der Waals surface area contributed by atoms with Crippen LogP contribution in [0.4, 0.5) is 9.59 Å². The smallest absolute Gasteiger partial charge is 0.407 e. The van der Waals surface area contributed by atoms with Gasteiger partial charge in [0.2, 0.25) is 0 Å². The summed E-state index contributed by atoms with van der Waals surface area (Å²) in [6.45, 7) is 4.37. The molecule has 216 valence electrons. The zero-order valence-corrected chi connectivity index (χ0v) is 23.0. The molecule has 4 rings (SSSR count). The Labute approximate surface area is 232 Å². The number of carbonyl (C=O) groups is 2. The first-order chi connectivity index (χ1) is 19.2. The first kappa shape index (κ1) is 29.5. The number of nitrogens with one attached hydrogen (secondary N) is 2. The van der Waals surface area contributed by atoms with Crippen LogP contribution in [-0.2, 0) is 23.7 Å². The molecule has 2 saturated carbocycles. The third-order valence-electron chi connectivity index (χ3n) is 8.27. The van der Waals surface area contributed by atoms with E-state index in [4.69, 9.17) is 23.7 Å². The fourth-order valence-corrected chi connectivity index (χ4v) is 6.00. The van der Waals surface area contributed by atoms with Crippen molar-refractivity contribution in [3.05, 3.63) is 0 Å². The Kier molecular flexibility index (Phi) is 12.6. The SMILES string of the molecule is O=C(NCCOCCOCCOCCNC(=O)OC[C@@H]1[C@@H]2CCC#CCC[C@@H]21)OC[C@@H]1[C@@H]2CCC#CCC[C@@H]21. The van der Waals surface area contributed by atoms with E-state index in [0.717, 1.165) is 51.4 Å². The summed E-state index contributed by atoms with van der Waals surface area (Å²) >= 11 is 0. The van der Waals surface area contributed by atoms with Gasteiger partial charge in [-0.3, -0.25) is 0 Å². The molecule has 0 radical (unpaired) electrons. The van der Waals surface area contributed by atoms with Crippen molar-refractivity contribution < 1.29 is 33.3 Å². The molecule has 39 heavy (non-hydrogen) atoms. The Morgan fingerprint density at radius 2 is 0.872 bits per heavy atom. The number of amides is 2. The monoisotopic (exact) mass is 544 g/mol. The minimum atomic E-state index is -0.382. The van der Waals surface area contributed by atoms with E-state index < -0.39 is 0 Å². The topological polar surface area (TPSA) is 104 Å². The molecule has 4 aliphatic rings. The summed E-state index contributed by atoms with van der Waals surface area (Å²) in [5.74, 6) is 16.5. The summed E-state index contributed by atoms with van der Waals surface area (Å²) in [6, 6.07) is 0. The van der Waals surface area contributed by atoms with Crippen LogP contribution in [0.1, 0.15) is 51.4 Å². The van der Waals surface area contributed by atoms with Crippen molar-refractivity contribution in [1.29, 1.82) is 0 Å². The Balaban J connectivity index is 0.859. The van der Waals surface area contributed by atoms with Gasteiger partial charge < -0.3 is 34.3 Å². The van der Waals surface area contributed by atoms with Crippen molar-refractivity contribution in [1.82, 2.24) is 10.6 Å². The average Bonchev–Trinajstić information content (AvgIpc) is 3.76. The van der Waals surface area contributed by atoms with E-state index in [1.54, 1.807) is 0 Å². The maximum Gasteiger partial charge on any atom is 0.407 e. The molecule has 0 unspecified atom stereocenters. The molecule has 9 nitrogen and oxygen atoms in total. The standard InChI is InChI=1S/C30H44N2O7/c33-29(38-21-27-23-9-5-1-2-6-10-24(23)27)31-13-15-35-17-19-37-20-18-36-16-14-32-30(34)39-22-28-25-11-7-3-4-8-12-26(25)28/h23-28H,5-22H2,(H,31,33)(H,32,34)/t23-,24+,25-,26+,27-,28-. The third kappa shape index (κ3) is 10.6. The van der Waals surface area contributed by atoms with Gasteiger partial charge in [-0.15, -0.1) is 23.7 Å². The largest absolute Gasteiger partial charge is 0.449 e. The van der Waals surface area contributed by atoms with Gasteiger partial charge in [0.1, 0.15) is 0 Å². The Bertz CT molecular complexity index is 796. The molecule has 0 aromatic heterocycles. The highest BCUT2D eigenvalue weighted by molar-refractivity contribution is 5.67. The van der Waals surface area contributed by atoms with Crippen molar-refractivity contribution in [3.8, 4) is 23.7 Å². The number of alkyl carbamates (subject to hydrolysis) is 2. The van der Waals surface area contributed by atoms with Gasteiger partial charge in [0, 0.05) is 38.8 Å². The van der Waals surface area contributed by atoms with Crippen LogP contribution in [-0.4, -0.2) is 78.1 Å². The molecule has 0 aromatic rings. The number of hydrogen-bond donors (Lipinski definition) is 2. The lowest BCUT2D eigenvalue weighted by Crippen LogP contribution is -2.29. The quantitative estimate of drug-likeness (QED) is 0.227. The van der Waals surface area contributed by atoms with Crippen molar-refractivity contribution in [3.63, 3.8) is 0 Å². The summed E-state index contributed by atoms with van der Waals surface area (Å²) in [4.78, 5) is 23.8. The molecule has 0 heterocycles. The zero-order valence-electron chi connectivity index (χ0n) is 23.0. The fraction of sp³-hybridized carbons (Fsp3) is 0.800. The predicted octanol–water partition coefficient (Wildman–Crippen LogP) is 3.37. The minimum Gasteiger partial charge on any atom is -0.449 e. The van der Waals surface area contributed by atoms with Crippen LogP contribution in [0.2, 0.25) is 0 Å². The van der Waals surface area contributed by atoms with Gasteiger partial charge in [-0.1, -0.05) is 0 Å². The lowest BCUT2D eigenvalue weighted by Gasteiger charge is -2.09. The lowest BCUT2D eigenvalue weighted by atomic mass is 10.1. The average molecular weight is 545 g/mol. The molecule has 2 N–H and O–H groups in total. The summed E-state index contributed by atoms with van der Waals surface area (Å²) in [6.07, 6.45) is 7.60. The second kappa shape index (κ2) is 16.6. The second-order valence-corrected chi connectivity index (χ2v) is 10.7. The summed E-state index contributed by atoms with van der Waals surface area (Å²) < 4.78 is 27.2. The van der Waals surface area contributed by atoms with E-state index in [0.29, 0.717) is 101 Å². The molecule has 0 aliphatic heterocycles. The normalized spacial score (nSPS) is 28.2. The van der Waals surface area contributed by atoms with E-state index >= 15 is 0 Å². The number of hydrogen-bond acceptors (Lipinski definition) is 7. The van der Waals surface area contributed by atoms with Gasteiger partial charge >= 0.3 is 12.2 Å². The first-order valence-corrected chi connectivity index (χ1v) is 14.7. The van der Waals surface area contributed by atoms with Crippen LogP contribution in [0, 0.1) is 59.2 Å². The second-order valence-electron chi connectivity index (χ2n) is 10.7. The van der Waals surface area contributed by atoms with E-state index in [2.05, 4.69) is 34.3 Å². The molecule has 9 heteroatoms. The highest BCUT2D eigenvalue weighted by Gasteiger charge is 2.50. The van der Waals surface area contributed by atoms with Gasteiger partial charge in [-0.25, -0.2) is 9.59 Å². The molecular formula is C30H44N2O7. The fourth-order valence-electron chi connectivity index (χ4n) is 6.00. The van der Waals surface area contributed by atoms with E-state index in [1.807, 2.05) is 0 Å². The predicted molar refractivity (Wildman–Crippen MR) is 145 cm³/mol. The summed E-state index contributed by atoms with van der Waals surface area (Å²) in [5.41, 5.74) is 0. The maximum absolute atomic E-state index is 11.9. The van der Waals surface area contributed by atoms with Crippen LogP contribution in [0.15, 0.2) is 0 Å². The van der Waals surface area contributed by atoms with Crippen LogP contribution in [0.3, 0.4) is 0 Å². The highest BCUT2D eigenvalue weighted by atomic mass is 16.6. The highest BCUT2D eigenvalue weighted by Crippen LogP contribution is 2.53. The van der Waals surface area contributed by atoms with Gasteiger partial charge in [-0.2, -0.15) is 0 Å². The Morgan fingerprint density at radius 3 is 1.23 bits per heavy atom. The van der Waals surface area contributed by atoms with E-state index in [-0.39, 0.29) is 12.2 Å². The zero-order chi connectivity index (χ0) is 27.1. The molecule has 6 atom stereocenters. The molecule has 2 fully saturated rings.